The van der Waals surface area contributed by atoms with Gasteiger partial charge in [0.05, 0.1) is 17.6 Å². The summed E-state index contributed by atoms with van der Waals surface area (Å²) in [5.74, 6) is 0.123. The molecule has 0 aromatic rings. The molecule has 1 rings (SSSR count). The average molecular weight is 162 g/mol. The van der Waals surface area contributed by atoms with Crippen LogP contribution in [0.3, 0.4) is 0 Å². The predicted molar refractivity (Wildman–Crippen MR) is 38.4 cm³/mol. The van der Waals surface area contributed by atoms with Crippen LogP contribution in [-0.2, 0) is 9.84 Å². The second-order valence-corrected chi connectivity index (χ2v) is 4.62. The van der Waals surface area contributed by atoms with Crippen molar-refractivity contribution in [2.24, 2.45) is 0 Å². The summed E-state index contributed by atoms with van der Waals surface area (Å²) < 4.78 is 21.6. The third-order valence-electron chi connectivity index (χ3n) is 1.52. The molecule has 1 aliphatic heterocycles. The third kappa shape index (κ3) is 1.58. The van der Waals surface area contributed by atoms with Crippen molar-refractivity contribution in [1.29, 1.82) is 0 Å². The first-order chi connectivity index (χ1) is 4.51. The van der Waals surface area contributed by atoms with E-state index < -0.39 is 15.9 Å². The van der Waals surface area contributed by atoms with E-state index in [1.54, 1.807) is 13.0 Å². The van der Waals surface area contributed by atoms with Crippen molar-refractivity contribution in [2.75, 3.05) is 11.5 Å². The zero-order valence-corrected chi connectivity index (χ0v) is 6.56. The molecule has 0 saturated carbocycles. The Morgan fingerprint density at radius 1 is 1.70 bits per heavy atom. The van der Waals surface area contributed by atoms with Crippen molar-refractivity contribution in [3.63, 3.8) is 0 Å². The van der Waals surface area contributed by atoms with Gasteiger partial charge in [-0.2, -0.15) is 0 Å². The highest BCUT2D eigenvalue weighted by Gasteiger charge is 2.21. The molecule has 0 aliphatic carbocycles. The van der Waals surface area contributed by atoms with E-state index in [9.17, 15) is 8.42 Å². The third-order valence-corrected chi connectivity index (χ3v) is 2.97. The molecule has 10 heavy (non-hydrogen) atoms. The maximum atomic E-state index is 10.8. The molecule has 0 aromatic heterocycles. The van der Waals surface area contributed by atoms with Gasteiger partial charge in [0.15, 0.2) is 9.84 Å². The molecule has 1 unspecified atom stereocenters. The molecule has 0 radical (unpaired) electrons. The summed E-state index contributed by atoms with van der Waals surface area (Å²) >= 11 is 0. The molecule has 0 fully saturated rings. The molecule has 0 amide bonds. The lowest BCUT2D eigenvalue weighted by molar-refractivity contribution is 0.232. The van der Waals surface area contributed by atoms with E-state index >= 15 is 0 Å². The molecule has 0 spiro atoms. The monoisotopic (exact) mass is 162 g/mol. The average Bonchev–Trinajstić information content (AvgIpc) is 2.10. The van der Waals surface area contributed by atoms with Crippen LogP contribution in [-0.4, -0.2) is 31.1 Å². The molecule has 1 atom stereocenters. The Morgan fingerprint density at radius 3 is 2.50 bits per heavy atom. The van der Waals surface area contributed by atoms with Crippen LogP contribution in [0.25, 0.3) is 0 Å². The quantitative estimate of drug-likeness (QED) is 0.540. The maximum Gasteiger partial charge on any atom is 0.157 e. The zero-order valence-electron chi connectivity index (χ0n) is 5.74. The van der Waals surface area contributed by atoms with Crippen molar-refractivity contribution in [3.05, 3.63) is 11.6 Å². The van der Waals surface area contributed by atoms with Crippen LogP contribution in [0.2, 0.25) is 0 Å². The number of aliphatic hydroxyl groups is 1. The summed E-state index contributed by atoms with van der Waals surface area (Å²) in [7, 11) is -2.89. The van der Waals surface area contributed by atoms with Crippen molar-refractivity contribution < 1.29 is 13.5 Å². The Balaban J connectivity index is 2.73. The summed E-state index contributed by atoms with van der Waals surface area (Å²) in [6.45, 7) is 1.58. The van der Waals surface area contributed by atoms with Crippen molar-refractivity contribution >= 4 is 9.84 Å². The Morgan fingerprint density at radius 2 is 2.30 bits per heavy atom. The molecule has 0 bridgehead atoms. The van der Waals surface area contributed by atoms with Gasteiger partial charge in [-0.1, -0.05) is 6.08 Å². The van der Waals surface area contributed by atoms with Gasteiger partial charge in [-0.05, 0) is 12.5 Å². The van der Waals surface area contributed by atoms with Crippen LogP contribution in [0, 0.1) is 0 Å². The lowest BCUT2D eigenvalue weighted by Crippen LogP contribution is -2.10. The van der Waals surface area contributed by atoms with E-state index in [4.69, 9.17) is 5.11 Å². The lowest BCUT2D eigenvalue weighted by Gasteiger charge is -2.01. The first kappa shape index (κ1) is 7.75. The SMILES string of the molecule is CC(O)C1=CCS(=O)(=O)C1. The van der Waals surface area contributed by atoms with Crippen molar-refractivity contribution in [1.82, 2.24) is 0 Å². The molecule has 1 N–H and O–H groups in total. The lowest BCUT2D eigenvalue weighted by atomic mass is 10.2. The van der Waals surface area contributed by atoms with Gasteiger partial charge in [-0.3, -0.25) is 0 Å². The van der Waals surface area contributed by atoms with Crippen LogP contribution in [0.15, 0.2) is 11.6 Å². The normalized spacial score (nSPS) is 26.0. The van der Waals surface area contributed by atoms with E-state index in [-0.39, 0.29) is 11.5 Å². The van der Waals surface area contributed by atoms with Crippen LogP contribution in [0.4, 0.5) is 0 Å². The highest BCUT2D eigenvalue weighted by atomic mass is 32.2. The van der Waals surface area contributed by atoms with Crippen LogP contribution >= 0.6 is 0 Å². The number of sulfone groups is 1. The zero-order chi connectivity index (χ0) is 7.78. The van der Waals surface area contributed by atoms with Gasteiger partial charge in [0.1, 0.15) is 0 Å². The molecular formula is C6H10O3S. The molecule has 3 nitrogen and oxygen atoms in total. The van der Waals surface area contributed by atoms with E-state index in [1.165, 1.54) is 0 Å². The fraction of sp³-hybridized carbons (Fsp3) is 0.667. The van der Waals surface area contributed by atoms with Gasteiger partial charge in [0, 0.05) is 0 Å². The second-order valence-electron chi connectivity index (χ2n) is 2.51. The first-order valence-electron chi connectivity index (χ1n) is 3.09. The minimum absolute atomic E-state index is 0.0324. The highest BCUT2D eigenvalue weighted by Crippen LogP contribution is 2.14. The largest absolute Gasteiger partial charge is 0.389 e. The fourth-order valence-corrected chi connectivity index (χ4v) is 2.35. The van der Waals surface area contributed by atoms with E-state index in [0.717, 1.165) is 0 Å². The highest BCUT2D eigenvalue weighted by molar-refractivity contribution is 7.92. The van der Waals surface area contributed by atoms with Crippen molar-refractivity contribution in [3.8, 4) is 0 Å². The standard InChI is InChI=1S/C6H10O3S/c1-5(7)6-2-3-10(8,9)4-6/h2,5,7H,3-4H2,1H3. The maximum absolute atomic E-state index is 10.8. The molecule has 58 valence electrons. The topological polar surface area (TPSA) is 54.4 Å². The van der Waals surface area contributed by atoms with Gasteiger partial charge in [-0.15, -0.1) is 0 Å². The molecular weight excluding hydrogens is 152 g/mol. The van der Waals surface area contributed by atoms with Crippen molar-refractivity contribution in [2.45, 2.75) is 13.0 Å². The predicted octanol–water partition coefficient (Wildman–Crippen LogP) is -0.278. The second kappa shape index (κ2) is 2.36. The van der Waals surface area contributed by atoms with Gasteiger partial charge in [0.2, 0.25) is 0 Å². The summed E-state index contributed by atoms with van der Waals surface area (Å²) in [5.41, 5.74) is 0.625. The van der Waals surface area contributed by atoms with Crippen LogP contribution in [0.5, 0.6) is 0 Å². The van der Waals surface area contributed by atoms with E-state index in [0.29, 0.717) is 5.57 Å². The van der Waals surface area contributed by atoms with Gasteiger partial charge < -0.3 is 5.11 Å². The Bertz CT molecular complexity index is 248. The fourth-order valence-electron chi connectivity index (χ4n) is 0.897. The molecule has 0 saturated heterocycles. The van der Waals surface area contributed by atoms with Gasteiger partial charge in [-0.25, -0.2) is 8.42 Å². The molecule has 1 aliphatic rings. The number of hydrogen-bond donors (Lipinski definition) is 1. The minimum Gasteiger partial charge on any atom is -0.389 e. The number of aliphatic hydroxyl groups excluding tert-OH is 1. The van der Waals surface area contributed by atoms with E-state index in [1.807, 2.05) is 0 Å². The number of hydrogen-bond acceptors (Lipinski definition) is 3. The molecule has 1 heterocycles. The summed E-state index contributed by atoms with van der Waals surface area (Å²) in [4.78, 5) is 0. The number of rotatable bonds is 1. The Labute approximate surface area is 60.3 Å². The molecule has 4 heteroatoms. The minimum atomic E-state index is -2.89. The summed E-state index contributed by atoms with van der Waals surface area (Å²) in [6.07, 6.45) is 0.970. The summed E-state index contributed by atoms with van der Waals surface area (Å²) in [6, 6.07) is 0. The van der Waals surface area contributed by atoms with Gasteiger partial charge in [0.25, 0.3) is 0 Å². The summed E-state index contributed by atoms with van der Waals surface area (Å²) in [5, 5.41) is 8.95. The first-order valence-corrected chi connectivity index (χ1v) is 4.91. The van der Waals surface area contributed by atoms with Gasteiger partial charge >= 0.3 is 0 Å². The van der Waals surface area contributed by atoms with Crippen LogP contribution in [0.1, 0.15) is 6.92 Å². The molecule has 0 aromatic carbocycles. The van der Waals surface area contributed by atoms with E-state index in [2.05, 4.69) is 0 Å². The Kier molecular flexibility index (Phi) is 1.83. The Hall–Kier alpha value is -0.350. The van der Waals surface area contributed by atoms with Crippen LogP contribution < -0.4 is 0 Å². The smallest absolute Gasteiger partial charge is 0.157 e.